The molecule has 5 heteroatoms. The van der Waals surface area contributed by atoms with E-state index in [0.717, 1.165) is 31.4 Å². The molecule has 0 heterocycles. The first-order chi connectivity index (χ1) is 9.18. The Labute approximate surface area is 112 Å². The molecule has 0 bridgehead atoms. The number of aliphatic carboxylic acids is 1. The molecule has 102 valence electrons. The van der Waals surface area contributed by atoms with Crippen LogP contribution < -0.4 is 10.9 Å². The van der Waals surface area contributed by atoms with Crippen LogP contribution in [0.5, 0.6) is 0 Å². The molecule has 1 atom stereocenters. The van der Waals surface area contributed by atoms with Crippen LogP contribution in [0.3, 0.4) is 0 Å². The fraction of sp³-hybridized carbons (Fsp3) is 0.429. The number of carboxylic acid groups (broad SMARTS) is 1. The van der Waals surface area contributed by atoms with Crippen molar-refractivity contribution in [1.29, 1.82) is 0 Å². The lowest BCUT2D eigenvalue weighted by Gasteiger charge is -2.21. The first kappa shape index (κ1) is 13.4. The van der Waals surface area contributed by atoms with Crippen molar-refractivity contribution in [3.05, 3.63) is 35.6 Å². The number of rotatable bonds is 4. The first-order valence-electron chi connectivity index (χ1n) is 6.54. The van der Waals surface area contributed by atoms with Crippen molar-refractivity contribution >= 4 is 11.9 Å². The summed E-state index contributed by atoms with van der Waals surface area (Å²) < 4.78 is 0. The third kappa shape index (κ3) is 3.47. The highest BCUT2D eigenvalue weighted by Crippen LogP contribution is 2.25. The second kappa shape index (κ2) is 6.22. The zero-order valence-electron chi connectivity index (χ0n) is 10.7. The van der Waals surface area contributed by atoms with Crippen LogP contribution in [0.2, 0.25) is 0 Å². The summed E-state index contributed by atoms with van der Waals surface area (Å²) in [7, 11) is 0. The highest BCUT2D eigenvalue weighted by atomic mass is 16.4. The molecule has 3 N–H and O–H groups in total. The van der Waals surface area contributed by atoms with Gasteiger partial charge in [0.1, 0.15) is 0 Å². The summed E-state index contributed by atoms with van der Waals surface area (Å²) in [5.74, 6) is -1.85. The number of carboxylic acids is 1. The fourth-order valence-corrected chi connectivity index (χ4v) is 2.31. The van der Waals surface area contributed by atoms with Gasteiger partial charge in [0.05, 0.1) is 5.92 Å². The Hall–Kier alpha value is -2.04. The summed E-state index contributed by atoms with van der Waals surface area (Å²) >= 11 is 0. The third-order valence-corrected chi connectivity index (χ3v) is 3.33. The predicted octanol–water partition coefficient (Wildman–Crippen LogP) is 1.65. The van der Waals surface area contributed by atoms with E-state index < -0.39 is 11.9 Å². The summed E-state index contributed by atoms with van der Waals surface area (Å²) in [5, 5.41) is 9.08. The average molecular weight is 262 g/mol. The topological polar surface area (TPSA) is 78.4 Å². The molecule has 1 amide bonds. The number of carbonyl (C=O) groups is 2. The van der Waals surface area contributed by atoms with Crippen LogP contribution in [-0.2, 0) is 9.59 Å². The van der Waals surface area contributed by atoms with Crippen molar-refractivity contribution in [3.8, 4) is 0 Å². The van der Waals surface area contributed by atoms with Gasteiger partial charge in [0.2, 0.25) is 5.91 Å². The van der Waals surface area contributed by atoms with E-state index in [1.54, 1.807) is 6.08 Å². The minimum atomic E-state index is -1.00. The average Bonchev–Trinajstić information content (AvgIpc) is 2.46. The smallest absolute Gasteiger partial charge is 0.332 e. The molecule has 19 heavy (non-hydrogen) atoms. The van der Waals surface area contributed by atoms with Gasteiger partial charge >= 0.3 is 5.97 Å². The highest BCUT2D eigenvalue weighted by molar-refractivity contribution is 5.96. The lowest BCUT2D eigenvalue weighted by Crippen LogP contribution is -2.42. The molecular weight excluding hydrogens is 244 g/mol. The van der Waals surface area contributed by atoms with Crippen LogP contribution in [0.1, 0.15) is 32.1 Å². The Morgan fingerprint density at radius 3 is 2.74 bits per heavy atom. The minimum Gasteiger partial charge on any atom is -0.478 e. The molecule has 0 spiro atoms. The van der Waals surface area contributed by atoms with Crippen LogP contribution >= 0.6 is 0 Å². The molecule has 2 aliphatic rings. The molecule has 0 aliphatic heterocycles. The minimum absolute atomic E-state index is 0.207. The van der Waals surface area contributed by atoms with Crippen LogP contribution in [0, 0.1) is 5.92 Å². The van der Waals surface area contributed by atoms with Crippen LogP contribution in [0.25, 0.3) is 0 Å². The molecule has 2 rings (SSSR count). The maximum Gasteiger partial charge on any atom is 0.332 e. The molecule has 2 aliphatic carbocycles. The largest absolute Gasteiger partial charge is 0.478 e. The van der Waals surface area contributed by atoms with Gasteiger partial charge in [0, 0.05) is 11.3 Å². The van der Waals surface area contributed by atoms with Gasteiger partial charge in [-0.3, -0.25) is 15.6 Å². The van der Waals surface area contributed by atoms with Gasteiger partial charge in [-0.2, -0.15) is 0 Å². The second-order valence-corrected chi connectivity index (χ2v) is 4.70. The van der Waals surface area contributed by atoms with E-state index in [4.69, 9.17) is 5.11 Å². The molecular formula is C14H18N2O3. The Morgan fingerprint density at radius 2 is 2.05 bits per heavy atom. The van der Waals surface area contributed by atoms with E-state index in [9.17, 15) is 9.59 Å². The van der Waals surface area contributed by atoms with Crippen molar-refractivity contribution in [2.75, 3.05) is 0 Å². The van der Waals surface area contributed by atoms with E-state index in [0.29, 0.717) is 6.42 Å². The molecule has 1 unspecified atom stereocenters. The standard InChI is InChI=1S/C14H18N2O3/c17-13(16-15-10-6-2-1-3-7-10)11-8-4-5-9-12(11)14(18)19/h2,6-7,9,11,15H,1,3-5,8H2,(H,16,17)(H,18,19). The number of amides is 1. The Balaban J connectivity index is 1.93. The molecule has 0 saturated heterocycles. The Morgan fingerprint density at radius 1 is 1.21 bits per heavy atom. The molecule has 0 radical (unpaired) electrons. The molecule has 0 aromatic rings. The summed E-state index contributed by atoms with van der Waals surface area (Å²) in [4.78, 5) is 23.1. The molecule has 0 aromatic carbocycles. The molecule has 0 fully saturated rings. The third-order valence-electron chi connectivity index (χ3n) is 3.33. The summed E-state index contributed by atoms with van der Waals surface area (Å²) in [6.07, 6.45) is 11.7. The van der Waals surface area contributed by atoms with Gasteiger partial charge in [-0.05, 0) is 38.2 Å². The number of carbonyl (C=O) groups excluding carboxylic acids is 1. The SMILES string of the molecule is O=C(O)C1=CCCCC1C(=O)NNC1=CCCC=C1. The van der Waals surface area contributed by atoms with Gasteiger partial charge < -0.3 is 5.11 Å². The number of allylic oxidation sites excluding steroid dienone is 4. The van der Waals surface area contributed by atoms with Crippen molar-refractivity contribution in [2.24, 2.45) is 5.92 Å². The summed E-state index contributed by atoms with van der Waals surface area (Å²) in [5.41, 5.74) is 6.48. The Kier molecular flexibility index (Phi) is 4.39. The zero-order chi connectivity index (χ0) is 13.7. The maximum atomic E-state index is 12.0. The second-order valence-electron chi connectivity index (χ2n) is 4.70. The van der Waals surface area contributed by atoms with Gasteiger partial charge in [-0.15, -0.1) is 0 Å². The predicted molar refractivity (Wildman–Crippen MR) is 70.8 cm³/mol. The molecule has 0 aromatic heterocycles. The zero-order valence-corrected chi connectivity index (χ0v) is 10.7. The molecule has 5 nitrogen and oxygen atoms in total. The lowest BCUT2D eigenvalue weighted by molar-refractivity contribution is -0.136. The number of nitrogens with one attached hydrogen (secondary N) is 2. The van der Waals surface area contributed by atoms with Gasteiger partial charge in [-0.1, -0.05) is 18.2 Å². The normalized spacial score (nSPS) is 22.2. The fourth-order valence-electron chi connectivity index (χ4n) is 2.31. The summed E-state index contributed by atoms with van der Waals surface area (Å²) in [6.45, 7) is 0. The molecule has 0 saturated carbocycles. The number of hydrogen-bond donors (Lipinski definition) is 3. The monoisotopic (exact) mass is 262 g/mol. The van der Waals surface area contributed by atoms with Gasteiger partial charge in [0.15, 0.2) is 0 Å². The quantitative estimate of drug-likeness (QED) is 0.673. The van der Waals surface area contributed by atoms with E-state index in [1.807, 2.05) is 18.2 Å². The lowest BCUT2D eigenvalue weighted by atomic mass is 9.87. The maximum absolute atomic E-state index is 12.0. The van der Waals surface area contributed by atoms with Crippen molar-refractivity contribution in [1.82, 2.24) is 10.9 Å². The van der Waals surface area contributed by atoms with E-state index in [2.05, 4.69) is 10.9 Å². The van der Waals surface area contributed by atoms with Crippen molar-refractivity contribution in [3.63, 3.8) is 0 Å². The van der Waals surface area contributed by atoms with Crippen molar-refractivity contribution < 1.29 is 14.7 Å². The van der Waals surface area contributed by atoms with Crippen LogP contribution in [-0.4, -0.2) is 17.0 Å². The Bertz CT molecular complexity index is 463. The summed E-state index contributed by atoms with van der Waals surface area (Å²) in [6, 6.07) is 0. The van der Waals surface area contributed by atoms with Crippen LogP contribution in [0.15, 0.2) is 35.6 Å². The highest BCUT2D eigenvalue weighted by Gasteiger charge is 2.29. The first-order valence-corrected chi connectivity index (χ1v) is 6.54. The number of hydrazine groups is 1. The van der Waals surface area contributed by atoms with Gasteiger partial charge in [0.25, 0.3) is 0 Å². The van der Waals surface area contributed by atoms with Crippen LogP contribution in [0.4, 0.5) is 0 Å². The number of hydrogen-bond acceptors (Lipinski definition) is 3. The van der Waals surface area contributed by atoms with Gasteiger partial charge in [-0.25, -0.2) is 4.79 Å². The van der Waals surface area contributed by atoms with Crippen molar-refractivity contribution in [2.45, 2.75) is 32.1 Å². The van der Waals surface area contributed by atoms with E-state index in [-0.39, 0.29) is 11.5 Å². The van der Waals surface area contributed by atoms with E-state index in [1.165, 1.54) is 0 Å². The van der Waals surface area contributed by atoms with E-state index >= 15 is 0 Å².